The Bertz CT molecular complexity index is 1350. The Hall–Kier alpha value is -4.50. The highest BCUT2D eigenvalue weighted by atomic mass is 16.1. The summed E-state index contributed by atoms with van der Waals surface area (Å²) in [6.45, 7) is 2.14. The summed E-state index contributed by atoms with van der Waals surface area (Å²) in [6, 6.07) is 27.5. The number of H-pyrrole nitrogens is 1. The monoisotopic (exact) mass is 419 g/mol. The Labute approximate surface area is 185 Å². The molecule has 1 heterocycles. The van der Waals surface area contributed by atoms with Gasteiger partial charge < -0.3 is 0 Å². The van der Waals surface area contributed by atoms with Crippen LogP contribution in [0.1, 0.15) is 23.6 Å². The molecule has 0 spiro atoms. The highest BCUT2D eigenvalue weighted by Crippen LogP contribution is 2.21. The van der Waals surface area contributed by atoms with E-state index in [1.807, 2.05) is 42.5 Å². The predicted octanol–water partition coefficient (Wildman–Crippen LogP) is 4.98. The van der Waals surface area contributed by atoms with Crippen molar-refractivity contribution in [3.8, 4) is 28.5 Å². The van der Waals surface area contributed by atoms with E-state index in [-0.39, 0.29) is 11.5 Å². The van der Waals surface area contributed by atoms with Crippen LogP contribution in [0.25, 0.3) is 22.4 Å². The first-order valence-electron chi connectivity index (χ1n) is 10.3. The van der Waals surface area contributed by atoms with E-state index >= 15 is 0 Å². The fraction of sp³-hybridized carbons (Fsp3) is 0.0769. The molecule has 0 aliphatic heterocycles. The number of anilines is 1. The molecule has 0 aliphatic carbocycles. The van der Waals surface area contributed by atoms with Gasteiger partial charge in [-0.1, -0.05) is 79.7 Å². The average molecular weight is 419 g/mol. The van der Waals surface area contributed by atoms with Gasteiger partial charge in [0.2, 0.25) is 5.95 Å². The molecule has 4 rings (SSSR count). The third kappa shape index (κ3) is 4.63. The van der Waals surface area contributed by atoms with Crippen LogP contribution >= 0.6 is 0 Å². The predicted molar refractivity (Wildman–Crippen MR) is 127 cm³/mol. The summed E-state index contributed by atoms with van der Waals surface area (Å²) < 4.78 is 0. The highest BCUT2D eigenvalue weighted by molar-refractivity contribution is 5.83. The molecule has 3 aromatic carbocycles. The van der Waals surface area contributed by atoms with Crippen molar-refractivity contribution in [2.45, 2.75) is 13.3 Å². The van der Waals surface area contributed by atoms with Crippen LogP contribution < -0.4 is 11.0 Å². The second-order valence-electron chi connectivity index (χ2n) is 7.16. The lowest BCUT2D eigenvalue weighted by atomic mass is 10.0. The van der Waals surface area contributed by atoms with Crippen LogP contribution in [0.2, 0.25) is 0 Å². The van der Waals surface area contributed by atoms with Crippen LogP contribution in [0.3, 0.4) is 0 Å². The van der Waals surface area contributed by atoms with Crippen molar-refractivity contribution >= 4 is 12.2 Å². The van der Waals surface area contributed by atoms with E-state index in [1.54, 1.807) is 18.3 Å². The molecule has 0 amide bonds. The van der Waals surface area contributed by atoms with E-state index in [9.17, 15) is 10.1 Å². The lowest BCUT2D eigenvalue weighted by Gasteiger charge is -2.06. The van der Waals surface area contributed by atoms with E-state index < -0.39 is 5.56 Å². The number of rotatable bonds is 6. The molecular formula is C26H21N5O. The Kier molecular flexibility index (Phi) is 6.19. The first-order valence-corrected chi connectivity index (χ1v) is 10.3. The minimum Gasteiger partial charge on any atom is -0.290 e. The number of nitrogens with one attached hydrogen (secondary N) is 2. The van der Waals surface area contributed by atoms with Gasteiger partial charge in [-0.3, -0.25) is 9.78 Å². The molecule has 0 fully saturated rings. The molecule has 0 bridgehead atoms. The molecule has 156 valence electrons. The minimum absolute atomic E-state index is 0.0347. The summed E-state index contributed by atoms with van der Waals surface area (Å²) in [5.74, 6) is 0.162. The standard InChI is InChI=1S/C26H21N5O/c1-2-18-11-13-20(14-12-18)22-10-6-7-19(15-22)17-28-31-26-29-24(21-8-4-3-5-9-21)23(16-27)25(32)30-26/h3-15,17H,2H2,1H3,(H2,29,30,31,32). The van der Waals surface area contributed by atoms with Gasteiger partial charge in [0, 0.05) is 5.56 Å². The van der Waals surface area contributed by atoms with Crippen molar-refractivity contribution in [2.75, 3.05) is 5.43 Å². The molecule has 0 atom stereocenters. The maximum Gasteiger partial charge on any atom is 0.270 e. The zero-order chi connectivity index (χ0) is 22.3. The molecule has 6 nitrogen and oxygen atoms in total. The molecule has 2 N–H and O–H groups in total. The van der Waals surface area contributed by atoms with Gasteiger partial charge in [-0.2, -0.15) is 10.4 Å². The zero-order valence-electron chi connectivity index (χ0n) is 17.5. The summed E-state index contributed by atoms with van der Waals surface area (Å²) in [4.78, 5) is 19.3. The van der Waals surface area contributed by atoms with Crippen molar-refractivity contribution in [1.29, 1.82) is 5.26 Å². The average Bonchev–Trinajstić information content (AvgIpc) is 2.84. The minimum atomic E-state index is -0.517. The summed E-state index contributed by atoms with van der Waals surface area (Å²) in [5.41, 5.74) is 7.63. The molecule has 4 aromatic rings. The summed E-state index contributed by atoms with van der Waals surface area (Å²) in [6.07, 6.45) is 2.67. The number of aryl methyl sites for hydroxylation is 1. The lowest BCUT2D eigenvalue weighted by Crippen LogP contribution is -2.16. The number of nitrogens with zero attached hydrogens (tertiary/aromatic N) is 3. The number of hydrazone groups is 1. The number of aromatic nitrogens is 2. The van der Waals surface area contributed by atoms with E-state index in [2.05, 4.69) is 57.8 Å². The quantitative estimate of drug-likeness (QED) is 0.340. The first kappa shape index (κ1) is 20.8. The molecule has 0 unspecified atom stereocenters. The number of nitriles is 1. The van der Waals surface area contributed by atoms with Crippen LogP contribution in [0.15, 0.2) is 88.8 Å². The summed E-state index contributed by atoms with van der Waals surface area (Å²) in [7, 11) is 0. The number of benzene rings is 3. The van der Waals surface area contributed by atoms with Crippen LogP contribution in [-0.2, 0) is 6.42 Å². The largest absolute Gasteiger partial charge is 0.290 e. The molecule has 6 heteroatoms. The maximum absolute atomic E-state index is 12.3. The van der Waals surface area contributed by atoms with Crippen molar-refractivity contribution in [1.82, 2.24) is 9.97 Å². The molecule has 32 heavy (non-hydrogen) atoms. The Morgan fingerprint density at radius 3 is 2.47 bits per heavy atom. The number of aromatic amines is 1. The van der Waals surface area contributed by atoms with Crippen LogP contribution in [0.5, 0.6) is 0 Å². The van der Waals surface area contributed by atoms with Crippen LogP contribution in [0, 0.1) is 11.3 Å². The van der Waals surface area contributed by atoms with Gasteiger partial charge in [0.1, 0.15) is 11.6 Å². The Balaban J connectivity index is 1.56. The van der Waals surface area contributed by atoms with E-state index in [4.69, 9.17) is 0 Å². The van der Waals surface area contributed by atoms with Gasteiger partial charge in [0.05, 0.1) is 11.9 Å². The topological polar surface area (TPSA) is 93.9 Å². The third-order valence-corrected chi connectivity index (χ3v) is 5.04. The summed E-state index contributed by atoms with van der Waals surface area (Å²) >= 11 is 0. The van der Waals surface area contributed by atoms with Gasteiger partial charge in [-0.15, -0.1) is 0 Å². The third-order valence-electron chi connectivity index (χ3n) is 5.04. The van der Waals surface area contributed by atoms with Crippen LogP contribution in [-0.4, -0.2) is 16.2 Å². The lowest BCUT2D eigenvalue weighted by molar-refractivity contribution is 1.08. The molecule has 1 aromatic heterocycles. The Morgan fingerprint density at radius 2 is 1.75 bits per heavy atom. The fourth-order valence-electron chi connectivity index (χ4n) is 3.33. The smallest absolute Gasteiger partial charge is 0.270 e. The summed E-state index contributed by atoms with van der Waals surface area (Å²) in [5, 5.41) is 13.6. The maximum atomic E-state index is 12.3. The number of hydrogen-bond donors (Lipinski definition) is 2. The molecule has 0 saturated heterocycles. The zero-order valence-corrected chi connectivity index (χ0v) is 17.5. The molecular weight excluding hydrogens is 398 g/mol. The van der Waals surface area contributed by atoms with Crippen molar-refractivity contribution in [3.63, 3.8) is 0 Å². The normalized spacial score (nSPS) is 10.8. The fourth-order valence-corrected chi connectivity index (χ4v) is 3.33. The van der Waals surface area contributed by atoms with Gasteiger partial charge in [0.25, 0.3) is 5.56 Å². The van der Waals surface area contributed by atoms with E-state index in [0.717, 1.165) is 23.1 Å². The van der Waals surface area contributed by atoms with Gasteiger partial charge in [-0.25, -0.2) is 10.4 Å². The van der Waals surface area contributed by atoms with Gasteiger partial charge >= 0.3 is 0 Å². The van der Waals surface area contributed by atoms with Crippen LogP contribution in [0.4, 0.5) is 5.95 Å². The van der Waals surface area contributed by atoms with Crippen molar-refractivity contribution in [3.05, 3.63) is 106 Å². The second-order valence-corrected chi connectivity index (χ2v) is 7.16. The van der Waals surface area contributed by atoms with E-state index in [0.29, 0.717) is 11.3 Å². The van der Waals surface area contributed by atoms with E-state index in [1.165, 1.54) is 5.56 Å². The Morgan fingerprint density at radius 1 is 1.00 bits per heavy atom. The van der Waals surface area contributed by atoms with Crippen molar-refractivity contribution < 1.29 is 0 Å². The SMILES string of the molecule is CCc1ccc(-c2cccc(C=NNc3nc(-c4ccccc4)c(C#N)c(=O)[nH]3)c2)cc1. The van der Waals surface area contributed by atoms with Crippen molar-refractivity contribution in [2.24, 2.45) is 5.10 Å². The first-order chi connectivity index (χ1) is 15.7. The molecule has 0 saturated carbocycles. The highest BCUT2D eigenvalue weighted by Gasteiger charge is 2.12. The molecule has 0 aliphatic rings. The number of hydrogen-bond acceptors (Lipinski definition) is 5. The molecule has 0 radical (unpaired) electrons. The van der Waals surface area contributed by atoms with Gasteiger partial charge in [-0.05, 0) is 34.7 Å². The van der Waals surface area contributed by atoms with Gasteiger partial charge in [0.15, 0.2) is 0 Å². The second kappa shape index (κ2) is 9.54.